The summed E-state index contributed by atoms with van der Waals surface area (Å²) < 4.78 is 26.5. The largest absolute Gasteiger partial charge is 0.294 e. The maximum absolute atomic E-state index is 11.9. The molecule has 0 aliphatic carbocycles. The molecule has 0 aliphatic rings. The Morgan fingerprint density at radius 3 is 2.26 bits per heavy atom. The van der Waals surface area contributed by atoms with E-state index >= 15 is 0 Å². The molecular formula is C14H21NO3S. The second-order valence-electron chi connectivity index (χ2n) is 4.41. The van der Waals surface area contributed by atoms with Gasteiger partial charge in [0.1, 0.15) is 0 Å². The van der Waals surface area contributed by atoms with Gasteiger partial charge in [0, 0.05) is 18.5 Å². The summed E-state index contributed by atoms with van der Waals surface area (Å²) in [6.07, 6.45) is 3.31. The lowest BCUT2D eigenvalue weighted by atomic mass is 10.1. The summed E-state index contributed by atoms with van der Waals surface area (Å²) in [7, 11) is -3.45. The molecule has 19 heavy (non-hydrogen) atoms. The van der Waals surface area contributed by atoms with Crippen LogP contribution in [0.3, 0.4) is 0 Å². The molecule has 0 unspecified atom stereocenters. The molecule has 4 nitrogen and oxygen atoms in total. The number of carbonyl (C=O) groups excluding carboxylic acids is 1. The van der Waals surface area contributed by atoms with Crippen LogP contribution >= 0.6 is 0 Å². The van der Waals surface area contributed by atoms with Crippen molar-refractivity contribution in [2.45, 2.75) is 44.4 Å². The smallest absolute Gasteiger partial charge is 0.240 e. The Balaban J connectivity index is 2.71. The van der Waals surface area contributed by atoms with Crippen LogP contribution in [-0.2, 0) is 10.0 Å². The van der Waals surface area contributed by atoms with Crippen LogP contribution in [-0.4, -0.2) is 20.7 Å². The van der Waals surface area contributed by atoms with E-state index in [1.807, 2.05) is 0 Å². The highest BCUT2D eigenvalue weighted by atomic mass is 32.2. The normalized spacial score (nSPS) is 11.5. The monoisotopic (exact) mass is 283 g/mol. The zero-order valence-corrected chi connectivity index (χ0v) is 12.3. The molecule has 0 bridgehead atoms. The predicted octanol–water partition coefficient (Wildman–Crippen LogP) is 2.75. The van der Waals surface area contributed by atoms with E-state index in [0.29, 0.717) is 18.5 Å². The summed E-state index contributed by atoms with van der Waals surface area (Å²) in [6, 6.07) is 6.08. The fourth-order valence-electron chi connectivity index (χ4n) is 1.69. The van der Waals surface area contributed by atoms with Gasteiger partial charge in [-0.15, -0.1) is 0 Å². The molecule has 0 fully saturated rings. The fourth-order valence-corrected chi connectivity index (χ4v) is 2.76. The second-order valence-corrected chi connectivity index (χ2v) is 6.17. The van der Waals surface area contributed by atoms with E-state index in [4.69, 9.17) is 0 Å². The van der Waals surface area contributed by atoms with Gasteiger partial charge in [0.2, 0.25) is 10.0 Å². The van der Waals surface area contributed by atoms with Gasteiger partial charge in [-0.3, -0.25) is 4.79 Å². The van der Waals surface area contributed by atoms with Crippen molar-refractivity contribution in [2.24, 2.45) is 0 Å². The fraction of sp³-hybridized carbons (Fsp3) is 0.500. The highest BCUT2D eigenvalue weighted by molar-refractivity contribution is 7.89. The number of rotatable bonds is 8. The van der Waals surface area contributed by atoms with Crippen LogP contribution in [0.4, 0.5) is 0 Å². The molecule has 1 rings (SSSR count). The molecule has 0 amide bonds. The molecule has 0 aliphatic heterocycles. The minimum absolute atomic E-state index is 0.0138. The van der Waals surface area contributed by atoms with Crippen LogP contribution in [0.5, 0.6) is 0 Å². The Hall–Kier alpha value is -1.20. The van der Waals surface area contributed by atoms with Gasteiger partial charge >= 0.3 is 0 Å². The lowest BCUT2D eigenvalue weighted by Crippen LogP contribution is -2.24. The molecule has 0 aromatic heterocycles. The number of ketones is 1. The van der Waals surface area contributed by atoms with Gasteiger partial charge < -0.3 is 0 Å². The maximum Gasteiger partial charge on any atom is 0.240 e. The first-order valence-electron chi connectivity index (χ1n) is 6.64. The van der Waals surface area contributed by atoms with E-state index in [-0.39, 0.29) is 10.7 Å². The number of sulfonamides is 1. The summed E-state index contributed by atoms with van der Waals surface area (Å²) in [5, 5.41) is 0. The minimum atomic E-state index is -3.45. The summed E-state index contributed by atoms with van der Waals surface area (Å²) in [4.78, 5) is 11.7. The third-order valence-electron chi connectivity index (χ3n) is 2.88. The molecule has 106 valence electrons. The van der Waals surface area contributed by atoms with Crippen LogP contribution < -0.4 is 4.72 Å². The highest BCUT2D eigenvalue weighted by Crippen LogP contribution is 2.12. The number of hydrogen-bond donors (Lipinski definition) is 1. The molecular weight excluding hydrogens is 262 g/mol. The minimum Gasteiger partial charge on any atom is -0.294 e. The average molecular weight is 283 g/mol. The van der Waals surface area contributed by atoms with Crippen molar-refractivity contribution in [3.63, 3.8) is 0 Å². The molecule has 0 atom stereocenters. The van der Waals surface area contributed by atoms with E-state index < -0.39 is 10.0 Å². The van der Waals surface area contributed by atoms with Crippen molar-refractivity contribution in [3.05, 3.63) is 29.8 Å². The van der Waals surface area contributed by atoms with E-state index in [1.165, 1.54) is 12.1 Å². The van der Waals surface area contributed by atoms with Crippen molar-refractivity contribution in [1.29, 1.82) is 0 Å². The molecule has 0 saturated heterocycles. The van der Waals surface area contributed by atoms with Gasteiger partial charge in [0.05, 0.1) is 4.90 Å². The van der Waals surface area contributed by atoms with Gasteiger partial charge in [-0.25, -0.2) is 13.1 Å². The zero-order valence-electron chi connectivity index (χ0n) is 11.5. The zero-order chi connectivity index (χ0) is 14.3. The molecule has 0 saturated carbocycles. The summed E-state index contributed by atoms with van der Waals surface area (Å²) in [5.74, 6) is 0.0138. The van der Waals surface area contributed by atoms with Crippen LogP contribution in [0, 0.1) is 0 Å². The van der Waals surface area contributed by atoms with Crippen LogP contribution in [0.15, 0.2) is 29.2 Å². The summed E-state index contributed by atoms with van der Waals surface area (Å²) in [6.45, 7) is 4.30. The number of hydrogen-bond acceptors (Lipinski definition) is 3. The molecule has 0 heterocycles. The van der Waals surface area contributed by atoms with E-state index in [0.717, 1.165) is 19.3 Å². The van der Waals surface area contributed by atoms with E-state index in [2.05, 4.69) is 11.6 Å². The predicted molar refractivity (Wildman–Crippen MR) is 75.8 cm³/mol. The average Bonchev–Trinajstić information content (AvgIpc) is 2.43. The molecule has 1 aromatic carbocycles. The van der Waals surface area contributed by atoms with Crippen LogP contribution in [0.1, 0.15) is 49.9 Å². The topological polar surface area (TPSA) is 63.2 Å². The number of carbonyl (C=O) groups is 1. The Morgan fingerprint density at radius 2 is 1.74 bits per heavy atom. The molecule has 0 spiro atoms. The summed E-state index contributed by atoms with van der Waals surface area (Å²) >= 11 is 0. The third-order valence-corrected chi connectivity index (χ3v) is 4.36. The molecule has 1 N–H and O–H groups in total. The first-order valence-corrected chi connectivity index (χ1v) is 8.12. The lowest BCUT2D eigenvalue weighted by molar-refractivity contribution is 0.0988. The van der Waals surface area contributed by atoms with E-state index in [1.54, 1.807) is 19.1 Å². The highest BCUT2D eigenvalue weighted by Gasteiger charge is 2.13. The quantitative estimate of drug-likeness (QED) is 0.589. The maximum atomic E-state index is 11.9. The Bertz CT molecular complexity index is 506. The molecule has 5 heteroatoms. The van der Waals surface area contributed by atoms with Crippen molar-refractivity contribution in [1.82, 2.24) is 4.72 Å². The SMILES string of the molecule is CCCCCNS(=O)(=O)c1ccc(C(=O)CC)cc1. The van der Waals surface area contributed by atoms with Gasteiger partial charge in [-0.1, -0.05) is 38.8 Å². The number of benzene rings is 1. The van der Waals surface area contributed by atoms with Crippen molar-refractivity contribution in [2.75, 3.05) is 6.54 Å². The van der Waals surface area contributed by atoms with Crippen molar-refractivity contribution in [3.8, 4) is 0 Å². The van der Waals surface area contributed by atoms with E-state index in [9.17, 15) is 13.2 Å². The van der Waals surface area contributed by atoms with Gasteiger partial charge in [-0.2, -0.15) is 0 Å². The van der Waals surface area contributed by atoms with Gasteiger partial charge in [0.15, 0.2) is 5.78 Å². The Labute approximate surface area is 115 Å². The van der Waals surface area contributed by atoms with Crippen LogP contribution in [0.2, 0.25) is 0 Å². The van der Waals surface area contributed by atoms with Crippen molar-refractivity contribution >= 4 is 15.8 Å². The standard InChI is InChI=1S/C14H21NO3S/c1-3-5-6-11-15-19(17,18)13-9-7-12(8-10-13)14(16)4-2/h7-10,15H,3-6,11H2,1-2H3. The first-order chi connectivity index (χ1) is 9.01. The second kappa shape index (κ2) is 7.40. The lowest BCUT2D eigenvalue weighted by Gasteiger charge is -2.07. The van der Waals surface area contributed by atoms with Gasteiger partial charge in [-0.05, 0) is 18.6 Å². The number of nitrogens with one attached hydrogen (secondary N) is 1. The molecule has 1 aromatic rings. The third kappa shape index (κ3) is 4.76. The summed E-state index contributed by atoms with van der Waals surface area (Å²) in [5.41, 5.74) is 0.549. The van der Waals surface area contributed by atoms with Gasteiger partial charge in [0.25, 0.3) is 0 Å². The Morgan fingerprint density at radius 1 is 1.11 bits per heavy atom. The molecule has 0 radical (unpaired) electrons. The Kier molecular flexibility index (Phi) is 6.18. The van der Waals surface area contributed by atoms with Crippen LogP contribution in [0.25, 0.3) is 0 Å². The number of Topliss-reactive ketones (excluding diaryl/α,β-unsaturated/α-hetero) is 1. The van der Waals surface area contributed by atoms with Crippen molar-refractivity contribution < 1.29 is 13.2 Å². The first kappa shape index (κ1) is 15.9. The number of unbranched alkanes of at least 4 members (excludes halogenated alkanes) is 2.